The fraction of sp³-hybridized carbons (Fsp3) is 0.333. The first-order chi connectivity index (χ1) is 8.80. The Kier molecular flexibility index (Phi) is 4.53. The zero-order chi connectivity index (χ0) is 12.8. The van der Waals surface area contributed by atoms with Gasteiger partial charge in [-0.15, -0.1) is 0 Å². The summed E-state index contributed by atoms with van der Waals surface area (Å²) in [6.45, 7) is 0.565. The Morgan fingerprint density at radius 1 is 1.17 bits per heavy atom. The number of rotatable bonds is 6. The molecule has 0 spiro atoms. The summed E-state index contributed by atoms with van der Waals surface area (Å²) in [4.78, 5) is 0. The van der Waals surface area contributed by atoms with Crippen LogP contribution in [0.3, 0.4) is 0 Å². The lowest BCUT2D eigenvalue weighted by atomic mass is 9.77. The molecular weight excluding hydrogens is 242 g/mol. The lowest BCUT2D eigenvalue weighted by Gasteiger charge is -2.31. The Hall–Kier alpha value is -1.16. The van der Waals surface area contributed by atoms with Crippen molar-refractivity contribution in [3.63, 3.8) is 0 Å². The maximum atomic E-state index is 9.78. The van der Waals surface area contributed by atoms with E-state index in [-0.39, 0.29) is 12.0 Å². The van der Waals surface area contributed by atoms with Crippen molar-refractivity contribution in [3.05, 3.63) is 58.3 Å². The van der Waals surface area contributed by atoms with Gasteiger partial charge >= 0.3 is 0 Å². The Labute approximate surface area is 112 Å². The van der Waals surface area contributed by atoms with Gasteiger partial charge in [-0.05, 0) is 40.8 Å². The van der Waals surface area contributed by atoms with E-state index < -0.39 is 0 Å². The molecule has 96 valence electrons. The summed E-state index contributed by atoms with van der Waals surface area (Å²) >= 11 is 1.71. The maximum Gasteiger partial charge on any atom is 0.0540 e. The molecule has 0 saturated carbocycles. The van der Waals surface area contributed by atoms with Gasteiger partial charge in [-0.25, -0.2) is 0 Å². The molecule has 0 aliphatic rings. The topological polar surface area (TPSA) is 46.2 Å². The molecule has 0 radical (unpaired) electrons. The second kappa shape index (κ2) is 6.14. The third-order valence-corrected chi connectivity index (χ3v) is 4.28. The van der Waals surface area contributed by atoms with Crippen LogP contribution in [0.1, 0.15) is 17.5 Å². The van der Waals surface area contributed by atoms with Gasteiger partial charge in [0.05, 0.1) is 6.61 Å². The minimum Gasteiger partial charge on any atom is -0.395 e. The second-order valence-corrected chi connectivity index (χ2v) is 5.42. The third kappa shape index (κ3) is 2.80. The summed E-state index contributed by atoms with van der Waals surface area (Å²) in [6, 6.07) is 12.2. The summed E-state index contributed by atoms with van der Waals surface area (Å²) in [6.07, 6.45) is 1.83. The zero-order valence-electron chi connectivity index (χ0n) is 10.4. The molecule has 2 nitrogen and oxygen atoms in total. The fourth-order valence-electron chi connectivity index (χ4n) is 2.21. The van der Waals surface area contributed by atoms with E-state index in [1.165, 1.54) is 5.56 Å². The number of benzene rings is 1. The van der Waals surface area contributed by atoms with Gasteiger partial charge in [0.15, 0.2) is 0 Å². The highest BCUT2D eigenvalue weighted by Gasteiger charge is 2.29. The average Bonchev–Trinajstić information content (AvgIpc) is 2.95. The Balaban J connectivity index is 2.16. The monoisotopic (exact) mass is 261 g/mol. The molecule has 3 N–H and O–H groups in total. The summed E-state index contributed by atoms with van der Waals surface area (Å²) in [5, 5.41) is 14.0. The Bertz CT molecular complexity index is 449. The van der Waals surface area contributed by atoms with E-state index in [1.54, 1.807) is 11.3 Å². The van der Waals surface area contributed by atoms with Crippen LogP contribution in [0.25, 0.3) is 0 Å². The average molecular weight is 261 g/mol. The van der Waals surface area contributed by atoms with Crippen LogP contribution < -0.4 is 5.73 Å². The molecule has 0 fully saturated rings. The van der Waals surface area contributed by atoms with E-state index in [1.807, 2.05) is 18.2 Å². The van der Waals surface area contributed by atoms with Crippen molar-refractivity contribution in [1.29, 1.82) is 0 Å². The molecule has 1 aromatic carbocycles. The number of hydrogen-bond acceptors (Lipinski definition) is 3. The van der Waals surface area contributed by atoms with Crippen molar-refractivity contribution in [1.82, 2.24) is 0 Å². The molecule has 0 aliphatic heterocycles. The van der Waals surface area contributed by atoms with Crippen molar-refractivity contribution in [3.8, 4) is 0 Å². The number of hydrogen-bond donors (Lipinski definition) is 2. The highest BCUT2D eigenvalue weighted by Crippen LogP contribution is 2.28. The summed E-state index contributed by atoms with van der Waals surface area (Å²) < 4.78 is 0. The Morgan fingerprint density at radius 3 is 2.50 bits per heavy atom. The van der Waals surface area contributed by atoms with E-state index in [4.69, 9.17) is 5.73 Å². The first-order valence-corrected chi connectivity index (χ1v) is 7.12. The number of nitrogens with two attached hydrogens (primary N) is 1. The van der Waals surface area contributed by atoms with Gasteiger partial charge in [0.25, 0.3) is 0 Å². The molecular formula is C15H19NOS. The van der Waals surface area contributed by atoms with Crippen LogP contribution in [-0.4, -0.2) is 18.3 Å². The first-order valence-electron chi connectivity index (χ1n) is 6.18. The highest BCUT2D eigenvalue weighted by atomic mass is 32.1. The van der Waals surface area contributed by atoms with Crippen molar-refractivity contribution < 1.29 is 5.11 Å². The highest BCUT2D eigenvalue weighted by molar-refractivity contribution is 7.07. The molecule has 0 saturated heterocycles. The smallest absolute Gasteiger partial charge is 0.0540 e. The standard InChI is InChI=1S/C15H19NOS/c16-11-15(12-17,14-4-2-1-3-5-14)8-6-13-7-9-18-10-13/h1-5,7,9-10,17H,6,8,11-12,16H2. The van der Waals surface area contributed by atoms with Crippen LogP contribution in [0.15, 0.2) is 47.2 Å². The molecule has 18 heavy (non-hydrogen) atoms. The predicted octanol–water partition coefficient (Wildman–Crippen LogP) is 2.57. The fourth-order valence-corrected chi connectivity index (χ4v) is 2.91. The van der Waals surface area contributed by atoms with Gasteiger partial charge in [-0.3, -0.25) is 0 Å². The van der Waals surface area contributed by atoms with Gasteiger partial charge in [0, 0.05) is 12.0 Å². The Morgan fingerprint density at radius 2 is 1.94 bits per heavy atom. The maximum absolute atomic E-state index is 9.78. The molecule has 3 heteroatoms. The van der Waals surface area contributed by atoms with Crippen LogP contribution in [0.2, 0.25) is 0 Å². The minimum atomic E-state index is -0.316. The third-order valence-electron chi connectivity index (χ3n) is 3.55. The van der Waals surface area contributed by atoms with Crippen LogP contribution in [-0.2, 0) is 11.8 Å². The van der Waals surface area contributed by atoms with Crippen LogP contribution in [0.4, 0.5) is 0 Å². The molecule has 1 heterocycles. The van der Waals surface area contributed by atoms with E-state index in [9.17, 15) is 5.11 Å². The van der Waals surface area contributed by atoms with Gasteiger partial charge in [0.1, 0.15) is 0 Å². The molecule has 0 amide bonds. The molecule has 2 rings (SSSR count). The molecule has 1 atom stereocenters. The van der Waals surface area contributed by atoms with Gasteiger partial charge in [-0.2, -0.15) is 11.3 Å². The summed E-state index contributed by atoms with van der Waals surface area (Å²) in [7, 11) is 0. The van der Waals surface area contributed by atoms with E-state index in [0.717, 1.165) is 18.4 Å². The number of aliphatic hydroxyl groups excluding tert-OH is 1. The minimum absolute atomic E-state index is 0.0949. The van der Waals surface area contributed by atoms with Gasteiger partial charge < -0.3 is 10.8 Å². The first kappa shape index (κ1) is 13.3. The van der Waals surface area contributed by atoms with E-state index in [0.29, 0.717) is 6.54 Å². The van der Waals surface area contributed by atoms with Crippen molar-refractivity contribution in [2.75, 3.05) is 13.2 Å². The number of aryl methyl sites for hydroxylation is 1. The molecule has 0 bridgehead atoms. The predicted molar refractivity (Wildman–Crippen MR) is 76.9 cm³/mol. The van der Waals surface area contributed by atoms with Crippen LogP contribution in [0.5, 0.6) is 0 Å². The molecule has 2 aromatic rings. The quantitative estimate of drug-likeness (QED) is 0.839. The van der Waals surface area contributed by atoms with E-state index >= 15 is 0 Å². The largest absolute Gasteiger partial charge is 0.395 e. The van der Waals surface area contributed by atoms with Crippen LogP contribution >= 0.6 is 11.3 Å². The molecule has 1 unspecified atom stereocenters. The van der Waals surface area contributed by atoms with Crippen molar-refractivity contribution in [2.45, 2.75) is 18.3 Å². The van der Waals surface area contributed by atoms with Crippen molar-refractivity contribution >= 4 is 11.3 Å². The van der Waals surface area contributed by atoms with Gasteiger partial charge in [-0.1, -0.05) is 30.3 Å². The van der Waals surface area contributed by atoms with Crippen LogP contribution in [0, 0.1) is 0 Å². The van der Waals surface area contributed by atoms with E-state index in [2.05, 4.69) is 29.0 Å². The van der Waals surface area contributed by atoms with Crippen molar-refractivity contribution in [2.24, 2.45) is 5.73 Å². The molecule has 0 aliphatic carbocycles. The summed E-state index contributed by atoms with van der Waals surface area (Å²) in [5.74, 6) is 0. The molecule has 1 aromatic heterocycles. The summed E-state index contributed by atoms with van der Waals surface area (Å²) in [5.41, 5.74) is 8.07. The lowest BCUT2D eigenvalue weighted by molar-refractivity contribution is 0.188. The lowest BCUT2D eigenvalue weighted by Crippen LogP contribution is -2.39. The SMILES string of the molecule is NCC(CO)(CCc1ccsc1)c1ccccc1. The number of aliphatic hydroxyl groups is 1. The second-order valence-electron chi connectivity index (χ2n) is 4.64. The zero-order valence-corrected chi connectivity index (χ0v) is 11.2. The normalized spacial score (nSPS) is 14.3. The van der Waals surface area contributed by atoms with Gasteiger partial charge in [0.2, 0.25) is 0 Å². The number of thiophene rings is 1.